The van der Waals surface area contributed by atoms with Crippen LogP contribution in [0.5, 0.6) is 5.75 Å². The van der Waals surface area contributed by atoms with Crippen molar-refractivity contribution in [3.8, 4) is 5.75 Å². The first kappa shape index (κ1) is 21.8. The van der Waals surface area contributed by atoms with E-state index in [0.29, 0.717) is 13.0 Å². The van der Waals surface area contributed by atoms with Crippen LogP contribution in [-0.4, -0.2) is 58.9 Å². The summed E-state index contributed by atoms with van der Waals surface area (Å²) in [5.41, 5.74) is -0.299. The Morgan fingerprint density at radius 3 is 2.57 bits per heavy atom. The minimum absolute atomic E-state index is 0.0876. The summed E-state index contributed by atoms with van der Waals surface area (Å²) in [6.45, 7) is 0.849. The lowest BCUT2D eigenvalue weighted by molar-refractivity contribution is -0.140. The van der Waals surface area contributed by atoms with Gasteiger partial charge in [0, 0.05) is 17.1 Å². The van der Waals surface area contributed by atoms with Crippen LogP contribution in [0.2, 0.25) is 5.02 Å². The molecule has 1 unspecified atom stereocenters. The van der Waals surface area contributed by atoms with Gasteiger partial charge in [0.1, 0.15) is 17.3 Å². The molecule has 1 aliphatic rings. The Labute approximate surface area is 178 Å². The van der Waals surface area contributed by atoms with Crippen molar-refractivity contribution < 1.29 is 24.2 Å². The van der Waals surface area contributed by atoms with Gasteiger partial charge in [-0.1, -0.05) is 29.8 Å². The third-order valence-electron chi connectivity index (χ3n) is 4.96. The van der Waals surface area contributed by atoms with Crippen molar-refractivity contribution in [2.45, 2.75) is 12.5 Å². The minimum Gasteiger partial charge on any atom is -0.507 e. The summed E-state index contributed by atoms with van der Waals surface area (Å²) in [5, 5.41) is 21.3. The summed E-state index contributed by atoms with van der Waals surface area (Å²) in [5.74, 6) is -3.29. The van der Waals surface area contributed by atoms with Crippen LogP contribution in [0.25, 0.3) is 5.76 Å². The molecule has 1 heterocycles. The average molecular weight is 433 g/mol. The summed E-state index contributed by atoms with van der Waals surface area (Å²) in [6.07, 6.45) is 0.549. The zero-order valence-corrected chi connectivity index (χ0v) is 17.4. The third-order valence-corrected chi connectivity index (χ3v) is 5.19. The lowest BCUT2D eigenvalue weighted by Gasteiger charge is -2.26. The number of Topliss-reactive ketones (excluding diaryl/α,β-unsaturated/α-hetero) is 1. The Hall–Kier alpha value is -2.90. The molecule has 1 fully saturated rings. The molecule has 6 nitrogen and oxygen atoms in total. The Bertz CT molecular complexity index is 1020. The summed E-state index contributed by atoms with van der Waals surface area (Å²) in [6, 6.07) is 8.64. The largest absolute Gasteiger partial charge is 0.507 e. The molecular weight excluding hydrogens is 411 g/mol. The van der Waals surface area contributed by atoms with E-state index in [0.717, 1.165) is 0 Å². The number of rotatable bonds is 6. The lowest BCUT2D eigenvalue weighted by atomic mass is 9.94. The number of benzene rings is 2. The Morgan fingerprint density at radius 2 is 1.90 bits per heavy atom. The summed E-state index contributed by atoms with van der Waals surface area (Å²) >= 11 is 5.97. The predicted molar refractivity (Wildman–Crippen MR) is 112 cm³/mol. The van der Waals surface area contributed by atoms with Crippen LogP contribution < -0.4 is 0 Å². The van der Waals surface area contributed by atoms with Crippen LogP contribution in [0.3, 0.4) is 0 Å². The first-order valence-corrected chi connectivity index (χ1v) is 9.76. The number of hydrogen-bond donors (Lipinski definition) is 2. The first-order chi connectivity index (χ1) is 14.2. The second-order valence-electron chi connectivity index (χ2n) is 7.33. The number of aliphatic hydroxyl groups excluding tert-OH is 1. The van der Waals surface area contributed by atoms with Crippen molar-refractivity contribution >= 4 is 29.1 Å². The monoisotopic (exact) mass is 432 g/mol. The van der Waals surface area contributed by atoms with E-state index < -0.39 is 29.3 Å². The van der Waals surface area contributed by atoms with Crippen molar-refractivity contribution in [2.75, 3.05) is 27.2 Å². The molecule has 2 aromatic rings. The van der Waals surface area contributed by atoms with E-state index in [-0.39, 0.29) is 34.0 Å². The molecule has 30 heavy (non-hydrogen) atoms. The van der Waals surface area contributed by atoms with Crippen LogP contribution in [0.15, 0.2) is 48.0 Å². The van der Waals surface area contributed by atoms with Crippen molar-refractivity contribution in [3.05, 3.63) is 70.0 Å². The van der Waals surface area contributed by atoms with Gasteiger partial charge in [-0.05, 0) is 51.3 Å². The molecule has 0 bridgehead atoms. The van der Waals surface area contributed by atoms with Crippen molar-refractivity contribution in [1.82, 2.24) is 9.80 Å². The van der Waals surface area contributed by atoms with Gasteiger partial charge in [0.15, 0.2) is 0 Å². The van der Waals surface area contributed by atoms with E-state index in [1.165, 1.54) is 41.3 Å². The fourth-order valence-electron chi connectivity index (χ4n) is 3.53. The SMILES string of the molecule is CN(C)CCCN1C(=O)C(=O)/C(=C(/O)c2cc(Cl)ccc2O)C1c1ccccc1F. The molecule has 0 saturated carbocycles. The van der Waals surface area contributed by atoms with E-state index in [1.807, 2.05) is 19.0 Å². The van der Waals surface area contributed by atoms with Gasteiger partial charge in [-0.15, -0.1) is 0 Å². The summed E-state index contributed by atoms with van der Waals surface area (Å²) < 4.78 is 14.7. The number of nitrogens with zero attached hydrogens (tertiary/aromatic N) is 2. The molecule has 0 aromatic heterocycles. The number of aliphatic hydroxyl groups is 1. The number of phenols is 1. The molecule has 3 rings (SSSR count). The molecule has 2 aromatic carbocycles. The number of carbonyl (C=O) groups is 2. The molecular formula is C22H22ClFN2O4. The van der Waals surface area contributed by atoms with Gasteiger partial charge in [0.2, 0.25) is 0 Å². The fraction of sp³-hybridized carbons (Fsp3) is 0.273. The second kappa shape index (κ2) is 8.85. The van der Waals surface area contributed by atoms with Crippen molar-refractivity contribution in [3.63, 3.8) is 0 Å². The topological polar surface area (TPSA) is 81.1 Å². The number of ketones is 1. The highest BCUT2D eigenvalue weighted by molar-refractivity contribution is 6.46. The van der Waals surface area contributed by atoms with E-state index in [4.69, 9.17) is 11.6 Å². The number of halogens is 2. The maximum Gasteiger partial charge on any atom is 0.295 e. The molecule has 0 aliphatic carbocycles. The number of amides is 1. The summed E-state index contributed by atoms with van der Waals surface area (Å²) in [7, 11) is 3.76. The minimum atomic E-state index is -1.12. The van der Waals surface area contributed by atoms with Gasteiger partial charge in [0.25, 0.3) is 11.7 Å². The van der Waals surface area contributed by atoms with Crippen LogP contribution in [0, 0.1) is 5.82 Å². The summed E-state index contributed by atoms with van der Waals surface area (Å²) in [4.78, 5) is 28.8. The average Bonchev–Trinajstić information content (AvgIpc) is 2.94. The highest BCUT2D eigenvalue weighted by atomic mass is 35.5. The van der Waals surface area contributed by atoms with E-state index in [2.05, 4.69) is 0 Å². The van der Waals surface area contributed by atoms with Gasteiger partial charge < -0.3 is 20.0 Å². The molecule has 8 heteroatoms. The van der Waals surface area contributed by atoms with Gasteiger partial charge in [-0.25, -0.2) is 4.39 Å². The Kier molecular flexibility index (Phi) is 6.43. The maximum absolute atomic E-state index is 14.7. The predicted octanol–water partition coefficient (Wildman–Crippen LogP) is 3.56. The highest BCUT2D eigenvalue weighted by Gasteiger charge is 2.46. The smallest absolute Gasteiger partial charge is 0.295 e. The van der Waals surface area contributed by atoms with Gasteiger partial charge in [0.05, 0.1) is 17.2 Å². The van der Waals surface area contributed by atoms with Crippen LogP contribution in [-0.2, 0) is 9.59 Å². The van der Waals surface area contributed by atoms with Gasteiger partial charge in [-0.3, -0.25) is 9.59 Å². The van der Waals surface area contributed by atoms with Gasteiger partial charge in [-0.2, -0.15) is 0 Å². The number of phenolic OH excluding ortho intramolecular Hbond substituents is 1. The maximum atomic E-state index is 14.7. The number of carbonyl (C=O) groups excluding carboxylic acids is 2. The Balaban J connectivity index is 2.16. The Morgan fingerprint density at radius 1 is 1.20 bits per heavy atom. The normalized spacial score (nSPS) is 18.4. The van der Waals surface area contributed by atoms with Gasteiger partial charge >= 0.3 is 0 Å². The molecule has 1 aliphatic heterocycles. The number of aromatic hydroxyl groups is 1. The number of likely N-dealkylation sites (tertiary alicyclic amines) is 1. The molecule has 0 radical (unpaired) electrons. The van der Waals surface area contributed by atoms with Crippen LogP contribution >= 0.6 is 11.6 Å². The van der Waals surface area contributed by atoms with Crippen molar-refractivity contribution in [1.29, 1.82) is 0 Å². The zero-order valence-electron chi connectivity index (χ0n) is 16.6. The lowest BCUT2D eigenvalue weighted by Crippen LogP contribution is -2.32. The zero-order chi connectivity index (χ0) is 22.0. The van der Waals surface area contributed by atoms with Crippen molar-refractivity contribution in [2.24, 2.45) is 0 Å². The number of hydrogen-bond acceptors (Lipinski definition) is 5. The quantitative estimate of drug-likeness (QED) is 0.414. The van der Waals surface area contributed by atoms with E-state index in [1.54, 1.807) is 6.07 Å². The standard InChI is InChI=1S/C22H22ClFN2O4/c1-25(2)10-5-11-26-19(14-6-3-4-7-16(14)24)18(21(29)22(26)30)20(28)15-12-13(23)8-9-17(15)27/h3-4,6-9,12,19,27-28H,5,10-11H2,1-2H3/b20-18+. The molecule has 158 valence electrons. The molecule has 0 spiro atoms. The highest BCUT2D eigenvalue weighted by Crippen LogP contribution is 2.41. The van der Waals surface area contributed by atoms with Crippen LogP contribution in [0.4, 0.5) is 4.39 Å². The molecule has 1 amide bonds. The van der Waals surface area contributed by atoms with Crippen LogP contribution in [0.1, 0.15) is 23.6 Å². The van der Waals surface area contributed by atoms with E-state index >= 15 is 0 Å². The fourth-order valence-corrected chi connectivity index (χ4v) is 3.70. The third kappa shape index (κ3) is 4.17. The molecule has 1 atom stereocenters. The van der Waals surface area contributed by atoms with E-state index in [9.17, 15) is 24.2 Å². The first-order valence-electron chi connectivity index (χ1n) is 9.38. The molecule has 1 saturated heterocycles. The molecule has 2 N–H and O–H groups in total. The second-order valence-corrected chi connectivity index (χ2v) is 7.77.